The van der Waals surface area contributed by atoms with Crippen molar-refractivity contribution in [3.05, 3.63) is 34.6 Å². The van der Waals surface area contributed by atoms with E-state index >= 15 is 0 Å². The molecule has 0 atom stereocenters. The molecule has 0 radical (unpaired) electrons. The molecule has 0 amide bonds. The molecule has 0 spiro atoms. The van der Waals surface area contributed by atoms with Crippen LogP contribution >= 0.6 is 0 Å². The monoisotopic (exact) mass is 243 g/mol. The minimum Gasteiger partial charge on any atom is -0.464 e. The SMILES string of the molecule is Cc1cc(C)c2c(CCNC3CC3)coc2c1C. The molecular formula is C16H21NO. The lowest BCUT2D eigenvalue weighted by Crippen LogP contribution is -2.19. The normalized spacial score (nSPS) is 15.5. The number of furan rings is 1. The van der Waals surface area contributed by atoms with Crippen molar-refractivity contribution < 1.29 is 4.42 Å². The maximum Gasteiger partial charge on any atom is 0.137 e. The Hall–Kier alpha value is -1.28. The molecule has 2 heteroatoms. The molecule has 0 aliphatic heterocycles. The van der Waals surface area contributed by atoms with Gasteiger partial charge in [0.25, 0.3) is 0 Å². The van der Waals surface area contributed by atoms with Crippen LogP contribution in [0.4, 0.5) is 0 Å². The number of rotatable bonds is 4. The van der Waals surface area contributed by atoms with E-state index in [-0.39, 0.29) is 0 Å². The Kier molecular flexibility index (Phi) is 2.90. The average Bonchev–Trinajstić information content (AvgIpc) is 3.05. The molecule has 2 aromatic rings. The molecule has 1 aliphatic carbocycles. The zero-order chi connectivity index (χ0) is 12.7. The van der Waals surface area contributed by atoms with E-state index in [2.05, 4.69) is 32.2 Å². The first-order valence-corrected chi connectivity index (χ1v) is 6.87. The zero-order valence-corrected chi connectivity index (χ0v) is 11.5. The fourth-order valence-corrected chi connectivity index (χ4v) is 2.67. The van der Waals surface area contributed by atoms with E-state index in [1.54, 1.807) is 0 Å². The summed E-state index contributed by atoms with van der Waals surface area (Å²) in [7, 11) is 0. The van der Waals surface area contributed by atoms with Crippen molar-refractivity contribution in [3.63, 3.8) is 0 Å². The quantitative estimate of drug-likeness (QED) is 0.886. The van der Waals surface area contributed by atoms with E-state index in [0.29, 0.717) is 0 Å². The molecule has 18 heavy (non-hydrogen) atoms. The third-order valence-corrected chi connectivity index (χ3v) is 4.03. The van der Waals surface area contributed by atoms with Gasteiger partial charge in [-0.3, -0.25) is 0 Å². The van der Waals surface area contributed by atoms with E-state index in [4.69, 9.17) is 4.42 Å². The molecule has 1 aromatic heterocycles. The lowest BCUT2D eigenvalue weighted by molar-refractivity contribution is 0.603. The van der Waals surface area contributed by atoms with Crippen molar-refractivity contribution in [3.8, 4) is 0 Å². The predicted molar refractivity (Wildman–Crippen MR) is 75.2 cm³/mol. The number of hydrogen-bond donors (Lipinski definition) is 1. The van der Waals surface area contributed by atoms with Crippen molar-refractivity contribution in [2.45, 2.75) is 46.1 Å². The minimum atomic E-state index is 0.785. The van der Waals surface area contributed by atoms with Crippen LogP contribution in [0.5, 0.6) is 0 Å². The Morgan fingerprint density at radius 1 is 1.22 bits per heavy atom. The first-order valence-electron chi connectivity index (χ1n) is 6.87. The highest BCUT2D eigenvalue weighted by Crippen LogP contribution is 2.30. The van der Waals surface area contributed by atoms with Gasteiger partial charge in [-0.1, -0.05) is 6.07 Å². The second-order valence-corrected chi connectivity index (χ2v) is 5.58. The smallest absolute Gasteiger partial charge is 0.137 e. The lowest BCUT2D eigenvalue weighted by atomic mass is 9.99. The van der Waals surface area contributed by atoms with Crippen molar-refractivity contribution in [2.24, 2.45) is 0 Å². The van der Waals surface area contributed by atoms with Gasteiger partial charge in [-0.2, -0.15) is 0 Å². The molecule has 0 unspecified atom stereocenters. The van der Waals surface area contributed by atoms with Crippen molar-refractivity contribution in [1.82, 2.24) is 5.32 Å². The molecule has 1 aromatic carbocycles. The zero-order valence-electron chi connectivity index (χ0n) is 11.5. The standard InChI is InChI=1S/C16H21NO/c1-10-8-11(2)15-13(6-7-17-14-4-5-14)9-18-16(15)12(10)3/h8-9,14,17H,4-7H2,1-3H3. The van der Waals surface area contributed by atoms with Crippen LogP contribution in [0.3, 0.4) is 0 Å². The van der Waals surface area contributed by atoms with E-state index in [9.17, 15) is 0 Å². The second-order valence-electron chi connectivity index (χ2n) is 5.58. The van der Waals surface area contributed by atoms with E-state index in [1.807, 2.05) is 6.26 Å². The van der Waals surface area contributed by atoms with Gasteiger partial charge in [0.05, 0.1) is 6.26 Å². The Bertz CT molecular complexity index is 578. The number of hydrogen-bond acceptors (Lipinski definition) is 2. The van der Waals surface area contributed by atoms with Crippen LogP contribution in [-0.4, -0.2) is 12.6 Å². The van der Waals surface area contributed by atoms with Gasteiger partial charge in [-0.05, 0) is 68.8 Å². The Morgan fingerprint density at radius 3 is 2.72 bits per heavy atom. The van der Waals surface area contributed by atoms with Gasteiger partial charge in [0.2, 0.25) is 0 Å². The fourth-order valence-electron chi connectivity index (χ4n) is 2.67. The van der Waals surface area contributed by atoms with Gasteiger partial charge < -0.3 is 9.73 Å². The molecule has 0 saturated heterocycles. The maximum absolute atomic E-state index is 5.79. The minimum absolute atomic E-state index is 0.785. The molecule has 1 fully saturated rings. The molecule has 3 rings (SSSR count). The molecule has 0 bridgehead atoms. The summed E-state index contributed by atoms with van der Waals surface area (Å²) in [5, 5.41) is 4.89. The largest absolute Gasteiger partial charge is 0.464 e. The topological polar surface area (TPSA) is 25.2 Å². The van der Waals surface area contributed by atoms with E-state index in [1.165, 1.54) is 40.5 Å². The van der Waals surface area contributed by atoms with Gasteiger partial charge in [0.1, 0.15) is 5.58 Å². The summed E-state index contributed by atoms with van der Waals surface area (Å²) in [6, 6.07) is 3.05. The average molecular weight is 243 g/mol. The number of nitrogens with one attached hydrogen (secondary N) is 1. The van der Waals surface area contributed by atoms with Crippen LogP contribution in [0.25, 0.3) is 11.0 Å². The summed E-state index contributed by atoms with van der Waals surface area (Å²) in [6.45, 7) is 7.54. The number of fused-ring (bicyclic) bond motifs is 1. The summed E-state index contributed by atoms with van der Waals surface area (Å²) >= 11 is 0. The Labute approximate surface area is 108 Å². The van der Waals surface area contributed by atoms with Crippen LogP contribution < -0.4 is 5.32 Å². The first kappa shape index (κ1) is 11.8. The van der Waals surface area contributed by atoms with E-state index in [0.717, 1.165) is 24.6 Å². The third-order valence-electron chi connectivity index (χ3n) is 4.03. The molecule has 2 nitrogen and oxygen atoms in total. The maximum atomic E-state index is 5.79. The molecule has 96 valence electrons. The van der Waals surface area contributed by atoms with Gasteiger partial charge in [0.15, 0.2) is 0 Å². The predicted octanol–water partition coefficient (Wildman–Crippen LogP) is 3.65. The van der Waals surface area contributed by atoms with Crippen molar-refractivity contribution in [1.29, 1.82) is 0 Å². The van der Waals surface area contributed by atoms with Crippen LogP contribution in [0.1, 0.15) is 35.1 Å². The Morgan fingerprint density at radius 2 is 2.00 bits per heavy atom. The van der Waals surface area contributed by atoms with Crippen LogP contribution in [0.15, 0.2) is 16.7 Å². The van der Waals surface area contributed by atoms with Gasteiger partial charge in [-0.25, -0.2) is 0 Å². The second kappa shape index (κ2) is 4.43. The molecule has 1 aliphatic rings. The molecule has 1 heterocycles. The lowest BCUT2D eigenvalue weighted by Gasteiger charge is -2.06. The first-order chi connectivity index (χ1) is 8.66. The Balaban J connectivity index is 1.89. The van der Waals surface area contributed by atoms with Crippen molar-refractivity contribution >= 4 is 11.0 Å². The van der Waals surface area contributed by atoms with Crippen molar-refractivity contribution in [2.75, 3.05) is 6.54 Å². The number of benzene rings is 1. The molecule has 1 N–H and O–H groups in total. The summed E-state index contributed by atoms with van der Waals surface area (Å²) in [5.74, 6) is 0. The van der Waals surface area contributed by atoms with Gasteiger partial charge >= 0.3 is 0 Å². The highest BCUT2D eigenvalue weighted by atomic mass is 16.3. The van der Waals surface area contributed by atoms with Gasteiger partial charge in [0, 0.05) is 11.4 Å². The van der Waals surface area contributed by atoms with E-state index < -0.39 is 0 Å². The molecule has 1 saturated carbocycles. The summed E-state index contributed by atoms with van der Waals surface area (Å²) in [6.07, 6.45) is 5.71. The third kappa shape index (κ3) is 2.05. The summed E-state index contributed by atoms with van der Waals surface area (Å²) in [4.78, 5) is 0. The van der Waals surface area contributed by atoms with Gasteiger partial charge in [-0.15, -0.1) is 0 Å². The highest BCUT2D eigenvalue weighted by molar-refractivity contribution is 5.88. The fraction of sp³-hybridized carbons (Fsp3) is 0.500. The summed E-state index contributed by atoms with van der Waals surface area (Å²) < 4.78 is 5.79. The summed E-state index contributed by atoms with van der Waals surface area (Å²) in [5.41, 5.74) is 6.35. The van der Waals surface area contributed by atoms with Crippen LogP contribution in [0, 0.1) is 20.8 Å². The van der Waals surface area contributed by atoms with Crippen LogP contribution in [0.2, 0.25) is 0 Å². The van der Waals surface area contributed by atoms with Crippen LogP contribution in [-0.2, 0) is 6.42 Å². The molecular weight excluding hydrogens is 222 g/mol. The number of aryl methyl sites for hydroxylation is 3. The highest BCUT2D eigenvalue weighted by Gasteiger charge is 2.20.